The van der Waals surface area contributed by atoms with Crippen LogP contribution in [0.5, 0.6) is 5.75 Å². The van der Waals surface area contributed by atoms with E-state index < -0.39 is 35.7 Å². The number of rotatable bonds is 6. The van der Waals surface area contributed by atoms with Gasteiger partial charge in [0.05, 0.1) is 24.9 Å². The van der Waals surface area contributed by atoms with Crippen LogP contribution < -0.4 is 20.3 Å². The van der Waals surface area contributed by atoms with Gasteiger partial charge < -0.3 is 24.7 Å². The van der Waals surface area contributed by atoms with Gasteiger partial charge in [0.2, 0.25) is 0 Å². The molecule has 1 amide bonds. The molecule has 3 aromatic rings. The van der Waals surface area contributed by atoms with Crippen molar-refractivity contribution in [3.8, 4) is 28.8 Å². The summed E-state index contributed by atoms with van der Waals surface area (Å²) in [5.41, 5.74) is 0.0191. The lowest BCUT2D eigenvalue weighted by atomic mass is 9.94. The highest BCUT2D eigenvalue weighted by Crippen LogP contribution is 2.33. The predicted molar refractivity (Wildman–Crippen MR) is 176 cm³/mol. The smallest absolute Gasteiger partial charge is 0.257 e. The number of hydrogen-bond donors (Lipinski definition) is 4. The Morgan fingerprint density at radius 1 is 1.04 bits per heavy atom. The fourth-order valence-corrected chi connectivity index (χ4v) is 7.41. The summed E-state index contributed by atoms with van der Waals surface area (Å²) in [5.74, 6) is 4.76. The van der Waals surface area contributed by atoms with Crippen LogP contribution in [0.25, 0.3) is 11.3 Å². The molecule has 4 N–H and O–H groups in total. The average molecular weight is 659 g/mol. The number of ether oxygens (including phenoxy) is 1. The summed E-state index contributed by atoms with van der Waals surface area (Å²) in [6.07, 6.45) is 3.84. The van der Waals surface area contributed by atoms with E-state index in [0.717, 1.165) is 32.0 Å². The molecule has 0 spiro atoms. The fourth-order valence-electron chi connectivity index (χ4n) is 7.41. The maximum atomic E-state index is 15.6. The molecule has 1 aliphatic carbocycles. The molecule has 252 valence electrons. The number of pyridine rings is 1. The number of aliphatic hydroxyl groups excluding tert-OH is 2. The summed E-state index contributed by atoms with van der Waals surface area (Å²) >= 11 is 0. The topological polar surface area (TPSA) is 113 Å². The Balaban J connectivity index is 1.07. The van der Waals surface area contributed by atoms with Gasteiger partial charge in [-0.15, -0.1) is 0 Å². The molecule has 2 aromatic carbocycles. The van der Waals surface area contributed by atoms with E-state index in [9.17, 15) is 19.4 Å². The van der Waals surface area contributed by atoms with E-state index in [0.29, 0.717) is 28.4 Å². The number of halogens is 2. The van der Waals surface area contributed by atoms with E-state index in [2.05, 4.69) is 32.3 Å². The normalized spacial score (nSPS) is 24.8. The van der Waals surface area contributed by atoms with Crippen LogP contribution in [0.15, 0.2) is 48.5 Å². The molecule has 1 aromatic heterocycles. The van der Waals surface area contributed by atoms with Crippen molar-refractivity contribution in [3.63, 3.8) is 0 Å². The van der Waals surface area contributed by atoms with Crippen molar-refractivity contribution in [2.45, 2.75) is 62.8 Å². The first-order valence-corrected chi connectivity index (χ1v) is 16.6. The number of carbonyl (C=O) groups excluding carboxylic acids is 1. The number of nitrogens with one attached hydrogen (secondary N) is 2. The number of aromatic nitrogens is 1. The molecule has 1 saturated carbocycles. The second kappa shape index (κ2) is 13.4. The predicted octanol–water partition coefficient (Wildman–Crippen LogP) is 3.02. The molecular formula is C36H40F2N6O4. The molecule has 48 heavy (non-hydrogen) atoms. The Morgan fingerprint density at radius 2 is 1.83 bits per heavy atom. The van der Waals surface area contributed by atoms with Gasteiger partial charge in [0, 0.05) is 49.9 Å². The zero-order valence-corrected chi connectivity index (χ0v) is 26.9. The molecule has 12 heteroatoms. The SMILES string of the molecule is COc1ccc2c(c1F)C(=O)N(CC1(C#Cc3ccc(-c4cccc(N5CCN(C6CCCCC6)CC5)n4)c(F)c3)NC(O)NC1O)C2. The number of piperazine rings is 1. The minimum Gasteiger partial charge on any atom is -0.494 e. The van der Waals surface area contributed by atoms with Crippen molar-refractivity contribution in [2.24, 2.45) is 0 Å². The van der Waals surface area contributed by atoms with Gasteiger partial charge in [-0.05, 0) is 54.8 Å². The van der Waals surface area contributed by atoms with Crippen molar-refractivity contribution in [2.75, 3.05) is 44.7 Å². The summed E-state index contributed by atoms with van der Waals surface area (Å²) in [5, 5.41) is 26.5. The average Bonchev–Trinajstić information content (AvgIpc) is 3.57. The van der Waals surface area contributed by atoms with E-state index in [-0.39, 0.29) is 24.4 Å². The molecule has 4 heterocycles. The molecule has 7 rings (SSSR count). The second-order valence-corrected chi connectivity index (χ2v) is 13.0. The van der Waals surface area contributed by atoms with Crippen molar-refractivity contribution in [3.05, 3.63) is 76.9 Å². The van der Waals surface area contributed by atoms with Crippen LogP contribution in [0.4, 0.5) is 14.6 Å². The lowest BCUT2D eigenvalue weighted by Gasteiger charge is -2.41. The molecule has 3 fully saturated rings. The summed E-state index contributed by atoms with van der Waals surface area (Å²) in [4.78, 5) is 24.3. The van der Waals surface area contributed by atoms with Gasteiger partial charge in [-0.1, -0.05) is 43.2 Å². The Labute approximate surface area is 278 Å². The monoisotopic (exact) mass is 658 g/mol. The molecule has 0 bridgehead atoms. The van der Waals surface area contributed by atoms with Gasteiger partial charge in [-0.25, -0.2) is 13.8 Å². The zero-order valence-electron chi connectivity index (χ0n) is 26.9. The van der Waals surface area contributed by atoms with Crippen LogP contribution in [0.1, 0.15) is 53.6 Å². The van der Waals surface area contributed by atoms with E-state index in [1.54, 1.807) is 24.3 Å². The van der Waals surface area contributed by atoms with Gasteiger partial charge in [-0.3, -0.25) is 20.3 Å². The second-order valence-electron chi connectivity index (χ2n) is 13.0. The van der Waals surface area contributed by atoms with Gasteiger partial charge in [0.1, 0.15) is 23.4 Å². The van der Waals surface area contributed by atoms with Crippen LogP contribution in [-0.2, 0) is 6.54 Å². The van der Waals surface area contributed by atoms with Crippen molar-refractivity contribution in [1.82, 2.24) is 25.4 Å². The molecule has 2 saturated heterocycles. The number of nitrogens with zero attached hydrogens (tertiary/aromatic N) is 4. The first kappa shape index (κ1) is 32.4. The van der Waals surface area contributed by atoms with Crippen LogP contribution in [0.3, 0.4) is 0 Å². The summed E-state index contributed by atoms with van der Waals surface area (Å²) in [7, 11) is 1.32. The van der Waals surface area contributed by atoms with Gasteiger partial charge in [-0.2, -0.15) is 0 Å². The summed E-state index contributed by atoms with van der Waals surface area (Å²) in [6.45, 7) is 3.66. The first-order valence-electron chi connectivity index (χ1n) is 16.6. The molecule has 4 aliphatic rings. The van der Waals surface area contributed by atoms with Crippen molar-refractivity contribution >= 4 is 11.7 Å². The Hall–Kier alpha value is -4.12. The Kier molecular flexibility index (Phi) is 9.06. The number of benzene rings is 2. The molecule has 3 aliphatic heterocycles. The van der Waals surface area contributed by atoms with Crippen LogP contribution in [0, 0.1) is 23.5 Å². The molecule has 3 atom stereocenters. The number of hydrogen-bond acceptors (Lipinski definition) is 9. The van der Waals surface area contributed by atoms with Gasteiger partial charge in [0.15, 0.2) is 17.9 Å². The van der Waals surface area contributed by atoms with E-state index in [1.807, 2.05) is 12.1 Å². The highest BCUT2D eigenvalue weighted by Gasteiger charge is 2.48. The number of fused-ring (bicyclic) bond motifs is 1. The highest BCUT2D eigenvalue weighted by molar-refractivity contribution is 5.99. The number of amides is 1. The third-order valence-corrected chi connectivity index (χ3v) is 10.0. The fraction of sp³-hybridized carbons (Fsp3) is 0.444. The van der Waals surface area contributed by atoms with Crippen molar-refractivity contribution < 1.29 is 28.5 Å². The van der Waals surface area contributed by atoms with E-state index >= 15 is 4.39 Å². The van der Waals surface area contributed by atoms with Crippen molar-refractivity contribution in [1.29, 1.82) is 0 Å². The zero-order chi connectivity index (χ0) is 33.4. The van der Waals surface area contributed by atoms with Crippen LogP contribution >= 0.6 is 0 Å². The largest absolute Gasteiger partial charge is 0.494 e. The Morgan fingerprint density at radius 3 is 2.54 bits per heavy atom. The summed E-state index contributed by atoms with van der Waals surface area (Å²) in [6, 6.07) is 14.0. The molecule has 0 radical (unpaired) electrons. The third-order valence-electron chi connectivity index (χ3n) is 10.0. The molecular weight excluding hydrogens is 618 g/mol. The van der Waals surface area contributed by atoms with Crippen LogP contribution in [0.2, 0.25) is 0 Å². The lowest BCUT2D eigenvalue weighted by Crippen LogP contribution is -2.56. The van der Waals surface area contributed by atoms with E-state index in [4.69, 9.17) is 9.72 Å². The maximum absolute atomic E-state index is 15.6. The quantitative estimate of drug-likeness (QED) is 0.297. The molecule has 3 unspecified atom stereocenters. The number of methoxy groups -OCH3 is 1. The van der Waals surface area contributed by atoms with E-state index in [1.165, 1.54) is 56.2 Å². The molecule has 10 nitrogen and oxygen atoms in total. The Bertz CT molecular complexity index is 1750. The van der Waals surface area contributed by atoms with Crippen LogP contribution in [-0.4, -0.2) is 94.9 Å². The number of anilines is 1. The first-order chi connectivity index (χ1) is 23.2. The summed E-state index contributed by atoms with van der Waals surface area (Å²) < 4.78 is 35.6. The number of carbonyl (C=O) groups is 1. The maximum Gasteiger partial charge on any atom is 0.257 e. The van der Waals surface area contributed by atoms with Gasteiger partial charge >= 0.3 is 0 Å². The lowest BCUT2D eigenvalue weighted by molar-refractivity contribution is 0.0600. The number of aliphatic hydroxyl groups is 2. The van der Waals surface area contributed by atoms with Gasteiger partial charge in [0.25, 0.3) is 5.91 Å². The third kappa shape index (κ3) is 6.24. The minimum atomic E-state index is -1.54. The standard InChI is InChI=1S/C36H40F2N6O4/c1-48-29-13-11-24-21-44(33(45)31(24)32(29)38)22-36(34(46)40-35(47)41-36)15-14-23-10-12-26(27(37)20-23)28-8-5-9-30(39-28)43-18-16-42(17-19-43)25-6-3-2-4-7-25/h5,8-13,20,25,34-35,40-41,46-47H,2-4,6-7,16-19,21-22H2,1H3. The minimum absolute atomic E-state index is 0.0466. The highest BCUT2D eigenvalue weighted by atomic mass is 19.1.